The SMILES string of the molecule is Cc1c[c-]c(-c2cc(C)c(C)cn2)cc1.Cc1ccc(-c2[c-]ccc3c2-c2ccccc2-c2ccccc2O3)nc1.[Ir]. The molecule has 0 aliphatic carbocycles. The molecule has 6 aromatic rings. The third-order valence-corrected chi connectivity index (χ3v) is 7.34. The fourth-order valence-corrected chi connectivity index (χ4v) is 4.92. The Hall–Kier alpha value is -4.37. The second-order valence-electron chi connectivity index (χ2n) is 10.4. The van der Waals surface area contributed by atoms with Crippen LogP contribution in [0.25, 0.3) is 44.8 Å². The third-order valence-electron chi connectivity index (χ3n) is 7.34. The van der Waals surface area contributed by atoms with Crippen LogP contribution in [0.5, 0.6) is 11.5 Å². The first-order chi connectivity index (χ1) is 20.0. The second kappa shape index (κ2) is 12.6. The maximum Gasteiger partial charge on any atom is 0.132 e. The van der Waals surface area contributed by atoms with Gasteiger partial charge in [0.2, 0.25) is 0 Å². The van der Waals surface area contributed by atoms with Crippen molar-refractivity contribution in [3.05, 3.63) is 144 Å². The Morgan fingerprint density at radius 1 is 0.595 bits per heavy atom. The summed E-state index contributed by atoms with van der Waals surface area (Å²) in [6, 6.07) is 39.5. The van der Waals surface area contributed by atoms with Crippen molar-refractivity contribution in [2.24, 2.45) is 0 Å². The van der Waals surface area contributed by atoms with Gasteiger partial charge in [0.25, 0.3) is 0 Å². The van der Waals surface area contributed by atoms with Crippen molar-refractivity contribution in [1.29, 1.82) is 0 Å². The molecular formula is C38H30IrN2O-2. The molecule has 2 aromatic heterocycles. The van der Waals surface area contributed by atoms with Crippen LogP contribution < -0.4 is 4.74 Å². The zero-order chi connectivity index (χ0) is 28.3. The molecule has 42 heavy (non-hydrogen) atoms. The number of para-hydroxylation sites is 1. The Morgan fingerprint density at radius 3 is 2.02 bits per heavy atom. The van der Waals surface area contributed by atoms with Gasteiger partial charge >= 0.3 is 0 Å². The van der Waals surface area contributed by atoms with E-state index in [1.54, 1.807) is 0 Å². The molecule has 1 aliphatic rings. The number of aryl methyl sites for hydroxylation is 4. The predicted octanol–water partition coefficient (Wildman–Crippen LogP) is 9.77. The van der Waals surface area contributed by atoms with Crippen LogP contribution in [0.3, 0.4) is 0 Å². The van der Waals surface area contributed by atoms with E-state index in [1.807, 2.05) is 61.8 Å². The number of hydrogen-bond acceptors (Lipinski definition) is 3. The summed E-state index contributed by atoms with van der Waals surface area (Å²) in [5.41, 5.74) is 13.2. The molecule has 0 bridgehead atoms. The minimum atomic E-state index is 0. The monoisotopic (exact) mass is 723 g/mol. The molecule has 0 N–H and O–H groups in total. The zero-order valence-corrected chi connectivity index (χ0v) is 26.4. The smallest absolute Gasteiger partial charge is 0.132 e. The van der Waals surface area contributed by atoms with Crippen molar-refractivity contribution in [3.63, 3.8) is 0 Å². The first kappa shape index (κ1) is 29.1. The van der Waals surface area contributed by atoms with Gasteiger partial charge in [0.05, 0.1) is 5.75 Å². The Balaban J connectivity index is 0.000000189. The van der Waals surface area contributed by atoms with Crippen LogP contribution in [0, 0.1) is 39.8 Å². The molecule has 7 rings (SSSR count). The number of pyridine rings is 2. The first-order valence-electron chi connectivity index (χ1n) is 13.7. The zero-order valence-electron chi connectivity index (χ0n) is 24.0. The van der Waals surface area contributed by atoms with E-state index in [2.05, 4.69) is 97.5 Å². The normalized spacial score (nSPS) is 10.9. The summed E-state index contributed by atoms with van der Waals surface area (Å²) in [6.45, 7) is 8.29. The van der Waals surface area contributed by atoms with E-state index >= 15 is 0 Å². The summed E-state index contributed by atoms with van der Waals surface area (Å²) in [7, 11) is 0. The van der Waals surface area contributed by atoms with Crippen LogP contribution in [0.15, 0.2) is 109 Å². The van der Waals surface area contributed by atoms with Crippen molar-refractivity contribution < 1.29 is 24.8 Å². The Morgan fingerprint density at radius 2 is 1.31 bits per heavy atom. The van der Waals surface area contributed by atoms with Crippen molar-refractivity contribution in [2.45, 2.75) is 27.7 Å². The van der Waals surface area contributed by atoms with E-state index in [0.717, 1.165) is 61.8 Å². The molecule has 0 saturated heterocycles. The van der Waals surface area contributed by atoms with E-state index in [9.17, 15) is 0 Å². The van der Waals surface area contributed by atoms with Gasteiger partial charge in [-0.3, -0.25) is 0 Å². The summed E-state index contributed by atoms with van der Waals surface area (Å²) in [5, 5.41) is 0. The predicted molar refractivity (Wildman–Crippen MR) is 167 cm³/mol. The second-order valence-corrected chi connectivity index (χ2v) is 10.4. The van der Waals surface area contributed by atoms with Gasteiger partial charge in [0.15, 0.2) is 0 Å². The van der Waals surface area contributed by atoms with Crippen LogP contribution in [0.2, 0.25) is 0 Å². The first-order valence-corrected chi connectivity index (χ1v) is 13.7. The number of aromatic nitrogens is 2. The van der Waals surface area contributed by atoms with E-state index < -0.39 is 0 Å². The molecule has 0 unspecified atom stereocenters. The number of ether oxygens (including phenoxy) is 1. The molecule has 3 heterocycles. The summed E-state index contributed by atoms with van der Waals surface area (Å²) in [4.78, 5) is 9.03. The molecule has 1 aliphatic heterocycles. The van der Waals surface area contributed by atoms with Gasteiger partial charge in [-0.2, -0.15) is 0 Å². The molecule has 0 spiro atoms. The topological polar surface area (TPSA) is 35.0 Å². The quantitative estimate of drug-likeness (QED) is 0.167. The van der Waals surface area contributed by atoms with E-state index in [-0.39, 0.29) is 20.1 Å². The van der Waals surface area contributed by atoms with Crippen molar-refractivity contribution >= 4 is 0 Å². The van der Waals surface area contributed by atoms with Crippen LogP contribution in [-0.4, -0.2) is 9.97 Å². The summed E-state index contributed by atoms with van der Waals surface area (Å²) in [5.74, 6) is 1.70. The van der Waals surface area contributed by atoms with E-state index in [4.69, 9.17) is 4.74 Å². The molecule has 0 amide bonds. The molecule has 3 nitrogen and oxygen atoms in total. The fourth-order valence-electron chi connectivity index (χ4n) is 4.92. The summed E-state index contributed by atoms with van der Waals surface area (Å²) in [6.07, 6.45) is 3.80. The van der Waals surface area contributed by atoms with E-state index in [0.29, 0.717) is 0 Å². The number of fused-ring (bicyclic) bond motifs is 5. The molecule has 0 fully saturated rings. The summed E-state index contributed by atoms with van der Waals surface area (Å²) < 4.78 is 6.32. The van der Waals surface area contributed by atoms with Gasteiger partial charge in [-0.15, -0.1) is 53.1 Å². The molecule has 4 aromatic carbocycles. The van der Waals surface area contributed by atoms with Gasteiger partial charge < -0.3 is 14.7 Å². The molecule has 0 saturated carbocycles. The average Bonchev–Trinajstić information content (AvgIpc) is 3.14. The Labute approximate surface area is 261 Å². The molecule has 0 atom stereocenters. The molecule has 1 radical (unpaired) electrons. The van der Waals surface area contributed by atoms with Gasteiger partial charge in [0, 0.05) is 38.1 Å². The van der Waals surface area contributed by atoms with Crippen molar-refractivity contribution in [1.82, 2.24) is 9.97 Å². The molecule has 4 heteroatoms. The molecular weight excluding hydrogens is 693 g/mol. The van der Waals surface area contributed by atoms with Crippen LogP contribution >= 0.6 is 0 Å². The van der Waals surface area contributed by atoms with Crippen molar-refractivity contribution in [2.75, 3.05) is 0 Å². The number of benzene rings is 4. The Kier molecular flexibility index (Phi) is 8.77. The van der Waals surface area contributed by atoms with E-state index in [1.165, 1.54) is 16.7 Å². The largest absolute Gasteiger partial charge is 0.476 e. The maximum atomic E-state index is 6.32. The number of hydrogen-bond donors (Lipinski definition) is 0. The fraction of sp³-hybridized carbons (Fsp3) is 0.105. The summed E-state index contributed by atoms with van der Waals surface area (Å²) >= 11 is 0. The van der Waals surface area contributed by atoms with Gasteiger partial charge in [0.1, 0.15) is 5.75 Å². The van der Waals surface area contributed by atoms with Crippen LogP contribution in [0.4, 0.5) is 0 Å². The average molecular weight is 723 g/mol. The van der Waals surface area contributed by atoms with Crippen LogP contribution in [0.1, 0.15) is 22.3 Å². The van der Waals surface area contributed by atoms with Crippen LogP contribution in [-0.2, 0) is 20.1 Å². The minimum absolute atomic E-state index is 0. The number of nitrogens with zero attached hydrogens (tertiary/aromatic N) is 2. The minimum Gasteiger partial charge on any atom is -0.476 e. The standard InChI is InChI=1S/C24H16NO.C14H14N.Ir/c1-16-13-14-21(25-15-16)20-10-6-12-23-24(20)19-9-3-2-7-17(19)18-8-4-5-11-22(18)26-23;1-10-4-6-13(7-5-10)14-8-11(2)12(3)9-15-14;/h2-9,11-15H,1H3;4-6,8-9H,1-3H3;/q2*-1;. The van der Waals surface area contributed by atoms with Gasteiger partial charge in [-0.25, -0.2) is 0 Å². The van der Waals surface area contributed by atoms with Gasteiger partial charge in [-0.05, 0) is 60.5 Å². The van der Waals surface area contributed by atoms with Gasteiger partial charge in [-0.1, -0.05) is 84.8 Å². The Bertz CT molecular complexity index is 1840. The molecule has 209 valence electrons. The van der Waals surface area contributed by atoms with Crippen molar-refractivity contribution in [3.8, 4) is 56.3 Å². The number of rotatable bonds is 2. The maximum absolute atomic E-state index is 6.32. The third kappa shape index (κ3) is 5.97.